The van der Waals surface area contributed by atoms with Crippen LogP contribution in [0.1, 0.15) is 44.4 Å². The van der Waals surface area contributed by atoms with Crippen molar-refractivity contribution in [1.29, 1.82) is 0 Å². The summed E-state index contributed by atoms with van der Waals surface area (Å²) in [7, 11) is -2.89. The Morgan fingerprint density at radius 2 is 1.82 bits per heavy atom. The molecular formula is C14H26N4O3S. The zero-order chi connectivity index (χ0) is 16.3. The lowest BCUT2D eigenvalue weighted by molar-refractivity contribution is 0.0917. The Kier molecular flexibility index (Phi) is 5.57. The molecule has 7 nitrogen and oxygen atoms in total. The zero-order valence-corrected chi connectivity index (χ0v) is 14.6. The fourth-order valence-electron chi connectivity index (χ4n) is 2.48. The van der Waals surface area contributed by atoms with Crippen molar-refractivity contribution in [3.63, 3.8) is 0 Å². The van der Waals surface area contributed by atoms with Gasteiger partial charge in [-0.15, -0.1) is 0 Å². The molecule has 1 aromatic heterocycles. The van der Waals surface area contributed by atoms with Crippen molar-refractivity contribution in [3.8, 4) is 0 Å². The minimum atomic E-state index is -2.89. The number of hydrogen-bond acceptors (Lipinski definition) is 7. The van der Waals surface area contributed by atoms with Gasteiger partial charge in [-0.3, -0.25) is 9.80 Å². The van der Waals surface area contributed by atoms with Crippen LogP contribution in [-0.4, -0.2) is 73.1 Å². The first-order chi connectivity index (χ1) is 10.3. The average Bonchev–Trinajstić information content (AvgIpc) is 2.94. The number of rotatable bonds is 6. The fourth-order valence-corrected chi connectivity index (χ4v) is 3.07. The predicted octanol–water partition coefficient (Wildman–Crippen LogP) is 0.916. The van der Waals surface area contributed by atoms with Gasteiger partial charge in [0.25, 0.3) is 0 Å². The lowest BCUT2D eigenvalue weighted by Crippen LogP contribution is -2.48. The van der Waals surface area contributed by atoms with E-state index in [1.165, 1.54) is 6.26 Å². The van der Waals surface area contributed by atoms with Crippen LogP contribution in [0.5, 0.6) is 0 Å². The highest BCUT2D eigenvalue weighted by molar-refractivity contribution is 7.90. The summed E-state index contributed by atoms with van der Waals surface area (Å²) in [4.78, 5) is 8.95. The van der Waals surface area contributed by atoms with Crippen LogP contribution in [0.25, 0.3) is 0 Å². The van der Waals surface area contributed by atoms with Gasteiger partial charge in [0.15, 0.2) is 5.82 Å². The van der Waals surface area contributed by atoms with E-state index in [0.717, 1.165) is 32.0 Å². The molecule has 0 saturated carbocycles. The second kappa shape index (κ2) is 7.06. The van der Waals surface area contributed by atoms with Gasteiger partial charge in [0.05, 0.1) is 11.8 Å². The van der Waals surface area contributed by atoms with Crippen LogP contribution in [0.4, 0.5) is 0 Å². The van der Waals surface area contributed by atoms with Crippen molar-refractivity contribution in [3.05, 3.63) is 11.7 Å². The van der Waals surface area contributed by atoms with Gasteiger partial charge in [-0.1, -0.05) is 19.0 Å². The van der Waals surface area contributed by atoms with Crippen LogP contribution in [0, 0.1) is 0 Å². The van der Waals surface area contributed by atoms with Gasteiger partial charge in [-0.2, -0.15) is 4.98 Å². The summed E-state index contributed by atoms with van der Waals surface area (Å²) in [6.07, 6.45) is 1.28. The third kappa shape index (κ3) is 4.76. The van der Waals surface area contributed by atoms with Crippen LogP contribution < -0.4 is 0 Å². The third-order valence-electron chi connectivity index (χ3n) is 4.06. The van der Waals surface area contributed by atoms with E-state index in [2.05, 4.69) is 26.9 Å². The summed E-state index contributed by atoms with van der Waals surface area (Å²) in [6, 6.07) is 0.0945. The topological polar surface area (TPSA) is 79.5 Å². The van der Waals surface area contributed by atoms with Gasteiger partial charge in [0.2, 0.25) is 5.89 Å². The Morgan fingerprint density at radius 3 is 2.32 bits per heavy atom. The van der Waals surface area contributed by atoms with E-state index < -0.39 is 9.84 Å². The second-order valence-electron chi connectivity index (χ2n) is 6.33. The second-order valence-corrected chi connectivity index (χ2v) is 8.59. The molecule has 2 rings (SSSR count). The molecular weight excluding hydrogens is 304 g/mol. The summed E-state index contributed by atoms with van der Waals surface area (Å²) in [5.74, 6) is 1.89. The molecule has 1 unspecified atom stereocenters. The quantitative estimate of drug-likeness (QED) is 0.767. The Balaban J connectivity index is 1.85. The van der Waals surface area contributed by atoms with Crippen LogP contribution in [0.2, 0.25) is 0 Å². The molecule has 0 amide bonds. The molecule has 1 saturated heterocycles. The van der Waals surface area contributed by atoms with Crippen LogP contribution >= 0.6 is 0 Å². The molecule has 1 aliphatic rings. The predicted molar refractivity (Wildman–Crippen MR) is 84.5 cm³/mol. The Bertz CT molecular complexity index is 577. The summed E-state index contributed by atoms with van der Waals surface area (Å²) >= 11 is 0. The molecule has 2 heterocycles. The van der Waals surface area contributed by atoms with E-state index in [9.17, 15) is 8.42 Å². The SMILES string of the molecule is CC(C)c1noc(C(C)N2CCN(CCS(C)(=O)=O)CC2)n1. The molecule has 0 radical (unpaired) electrons. The average molecular weight is 330 g/mol. The molecule has 1 fully saturated rings. The van der Waals surface area contributed by atoms with Crippen LogP contribution in [0.15, 0.2) is 4.52 Å². The molecule has 0 bridgehead atoms. The largest absolute Gasteiger partial charge is 0.338 e. The standard InChI is InChI=1S/C14H26N4O3S/c1-11(2)13-15-14(21-16-13)12(3)18-7-5-17(6-8-18)9-10-22(4,19)20/h11-12H,5-10H2,1-4H3. The molecule has 0 spiro atoms. The van der Waals surface area contributed by atoms with Gasteiger partial charge in [-0.05, 0) is 6.92 Å². The maximum atomic E-state index is 11.2. The fraction of sp³-hybridized carbons (Fsp3) is 0.857. The van der Waals surface area contributed by atoms with Gasteiger partial charge in [-0.25, -0.2) is 8.42 Å². The molecule has 1 aliphatic heterocycles. The Morgan fingerprint density at radius 1 is 1.18 bits per heavy atom. The molecule has 22 heavy (non-hydrogen) atoms. The minimum Gasteiger partial charge on any atom is -0.338 e. The molecule has 0 aliphatic carbocycles. The number of hydrogen-bond donors (Lipinski definition) is 0. The van der Waals surface area contributed by atoms with E-state index in [4.69, 9.17) is 4.52 Å². The number of aromatic nitrogens is 2. The van der Waals surface area contributed by atoms with Crippen LogP contribution in [-0.2, 0) is 9.84 Å². The van der Waals surface area contributed by atoms with E-state index in [0.29, 0.717) is 12.4 Å². The molecule has 1 aromatic rings. The number of piperazine rings is 1. The maximum Gasteiger partial charge on any atom is 0.243 e. The normalized spacial score (nSPS) is 19.7. The molecule has 0 aromatic carbocycles. The van der Waals surface area contributed by atoms with Crippen molar-refractivity contribution in [2.45, 2.75) is 32.7 Å². The highest BCUT2D eigenvalue weighted by Gasteiger charge is 2.26. The molecule has 126 valence electrons. The van der Waals surface area contributed by atoms with Gasteiger partial charge in [0, 0.05) is 44.9 Å². The Hall–Kier alpha value is -0.990. The van der Waals surface area contributed by atoms with Gasteiger partial charge >= 0.3 is 0 Å². The Labute approximate surface area is 132 Å². The van der Waals surface area contributed by atoms with E-state index in [1.807, 2.05) is 13.8 Å². The van der Waals surface area contributed by atoms with Crippen LogP contribution in [0.3, 0.4) is 0 Å². The van der Waals surface area contributed by atoms with Crippen molar-refractivity contribution in [2.24, 2.45) is 0 Å². The van der Waals surface area contributed by atoms with E-state index in [1.54, 1.807) is 0 Å². The summed E-state index contributed by atoms with van der Waals surface area (Å²) < 4.78 is 27.8. The first-order valence-corrected chi connectivity index (χ1v) is 9.80. The molecule has 1 atom stereocenters. The van der Waals surface area contributed by atoms with Gasteiger partial charge in [0.1, 0.15) is 9.84 Å². The smallest absolute Gasteiger partial charge is 0.243 e. The number of nitrogens with zero attached hydrogens (tertiary/aromatic N) is 4. The monoisotopic (exact) mass is 330 g/mol. The minimum absolute atomic E-state index is 0.0945. The summed E-state index contributed by atoms with van der Waals surface area (Å²) in [6.45, 7) is 10.3. The lowest BCUT2D eigenvalue weighted by atomic mass is 10.2. The first-order valence-electron chi connectivity index (χ1n) is 7.74. The van der Waals surface area contributed by atoms with Crippen molar-refractivity contribution in [1.82, 2.24) is 19.9 Å². The highest BCUT2D eigenvalue weighted by atomic mass is 32.2. The molecule has 8 heteroatoms. The third-order valence-corrected chi connectivity index (χ3v) is 4.99. The summed E-state index contributed by atoms with van der Waals surface area (Å²) in [5.41, 5.74) is 0. The van der Waals surface area contributed by atoms with Crippen molar-refractivity contribution in [2.75, 3.05) is 44.7 Å². The van der Waals surface area contributed by atoms with E-state index in [-0.39, 0.29) is 17.7 Å². The lowest BCUT2D eigenvalue weighted by Gasteiger charge is -2.36. The maximum absolute atomic E-state index is 11.2. The molecule has 0 N–H and O–H groups in total. The zero-order valence-electron chi connectivity index (χ0n) is 13.8. The van der Waals surface area contributed by atoms with Crippen molar-refractivity contribution >= 4 is 9.84 Å². The van der Waals surface area contributed by atoms with Crippen molar-refractivity contribution < 1.29 is 12.9 Å². The van der Waals surface area contributed by atoms with Gasteiger partial charge < -0.3 is 4.52 Å². The highest BCUT2D eigenvalue weighted by Crippen LogP contribution is 2.21. The van der Waals surface area contributed by atoms with E-state index >= 15 is 0 Å². The summed E-state index contributed by atoms with van der Waals surface area (Å²) in [5, 5.41) is 4.01. The number of sulfone groups is 1. The first kappa shape index (κ1) is 17.4.